The fourth-order valence-electron chi connectivity index (χ4n) is 4.81. The number of ether oxygens (including phenoxy) is 2. The van der Waals surface area contributed by atoms with Crippen LogP contribution in [-0.4, -0.2) is 40.2 Å². The van der Waals surface area contributed by atoms with Gasteiger partial charge in [-0.2, -0.15) is 0 Å². The minimum Gasteiger partial charge on any atom is -0.484 e. The number of ketones is 1. The Hall–Kier alpha value is -3.59. The molecule has 214 valence electrons. The predicted molar refractivity (Wildman–Crippen MR) is 154 cm³/mol. The van der Waals surface area contributed by atoms with Crippen LogP contribution >= 0.6 is 0 Å². The highest BCUT2D eigenvalue weighted by atomic mass is 16.6. The second-order valence-electron chi connectivity index (χ2n) is 11.3. The van der Waals surface area contributed by atoms with E-state index in [2.05, 4.69) is 4.98 Å². The van der Waals surface area contributed by atoms with Crippen LogP contribution in [-0.2, 0) is 26.4 Å². The van der Waals surface area contributed by atoms with Crippen LogP contribution in [0.5, 0.6) is 5.75 Å². The van der Waals surface area contributed by atoms with Crippen molar-refractivity contribution < 1.29 is 24.2 Å². The van der Waals surface area contributed by atoms with Crippen LogP contribution in [0.15, 0.2) is 72.9 Å². The van der Waals surface area contributed by atoms with E-state index in [1.165, 1.54) is 0 Å². The molecule has 8 heteroatoms. The zero-order valence-corrected chi connectivity index (χ0v) is 24.0. The van der Waals surface area contributed by atoms with Crippen molar-refractivity contribution in [2.75, 3.05) is 6.61 Å². The second kappa shape index (κ2) is 13.2. The number of aliphatic hydroxyl groups excluding tert-OH is 1. The molecule has 5 N–H and O–H groups in total. The lowest BCUT2D eigenvalue weighted by molar-refractivity contribution is -0.162. The Balaban J connectivity index is 1.94. The van der Waals surface area contributed by atoms with Gasteiger partial charge in [-0.05, 0) is 70.2 Å². The van der Waals surface area contributed by atoms with Crippen molar-refractivity contribution in [2.24, 2.45) is 23.3 Å². The highest BCUT2D eigenvalue weighted by Crippen LogP contribution is 2.31. The van der Waals surface area contributed by atoms with Gasteiger partial charge in [0.05, 0.1) is 23.6 Å². The molecule has 0 unspecified atom stereocenters. The number of aromatic nitrogens is 1. The summed E-state index contributed by atoms with van der Waals surface area (Å²) in [5, 5.41) is 11.6. The molecule has 0 spiro atoms. The van der Waals surface area contributed by atoms with E-state index in [0.717, 1.165) is 11.1 Å². The lowest BCUT2D eigenvalue weighted by atomic mass is 9.77. The number of nitrogens with two attached hydrogens (primary N) is 2. The molecular formula is C32H41N3O5. The first kappa shape index (κ1) is 30.9. The number of carbonyl (C=O) groups excluding carboxylic acids is 2. The van der Waals surface area contributed by atoms with Gasteiger partial charge < -0.3 is 26.0 Å². The van der Waals surface area contributed by atoms with Crippen LogP contribution in [0.1, 0.15) is 49.6 Å². The lowest BCUT2D eigenvalue weighted by Gasteiger charge is -2.37. The average molecular weight is 548 g/mol. The number of carbonyl (C=O) groups is 2. The fraction of sp³-hybridized carbons (Fsp3) is 0.406. The summed E-state index contributed by atoms with van der Waals surface area (Å²) in [6.07, 6.45) is 0.513. The van der Waals surface area contributed by atoms with E-state index in [0.29, 0.717) is 23.4 Å². The molecule has 0 aliphatic rings. The summed E-state index contributed by atoms with van der Waals surface area (Å²) < 4.78 is 11.6. The molecule has 0 fully saturated rings. The van der Waals surface area contributed by atoms with Crippen molar-refractivity contribution in [3.63, 3.8) is 0 Å². The molecule has 8 nitrogen and oxygen atoms in total. The van der Waals surface area contributed by atoms with Crippen molar-refractivity contribution in [2.45, 2.75) is 64.8 Å². The van der Waals surface area contributed by atoms with Gasteiger partial charge in [-0.3, -0.25) is 14.6 Å². The number of hydrogen-bond acceptors (Lipinski definition) is 8. The van der Waals surface area contributed by atoms with E-state index >= 15 is 0 Å². The first-order valence-electron chi connectivity index (χ1n) is 13.5. The molecule has 0 radical (unpaired) electrons. The molecule has 40 heavy (non-hydrogen) atoms. The largest absolute Gasteiger partial charge is 0.484 e. The number of aryl methyl sites for hydroxylation is 2. The Morgan fingerprint density at radius 3 is 2.12 bits per heavy atom. The molecule has 1 heterocycles. The van der Waals surface area contributed by atoms with Gasteiger partial charge in [0, 0.05) is 6.20 Å². The van der Waals surface area contributed by atoms with Gasteiger partial charge >= 0.3 is 5.97 Å². The third kappa shape index (κ3) is 8.21. The van der Waals surface area contributed by atoms with Crippen LogP contribution in [0.25, 0.3) is 0 Å². The first-order chi connectivity index (χ1) is 18.8. The highest BCUT2D eigenvalue weighted by Gasteiger charge is 2.44. The Kier molecular flexibility index (Phi) is 10.2. The van der Waals surface area contributed by atoms with Crippen molar-refractivity contribution >= 4 is 11.8 Å². The van der Waals surface area contributed by atoms with Crippen LogP contribution in [0.2, 0.25) is 0 Å². The Morgan fingerprint density at radius 1 is 0.950 bits per heavy atom. The quantitative estimate of drug-likeness (QED) is 0.229. The summed E-state index contributed by atoms with van der Waals surface area (Å²) in [5.74, 6) is -2.51. The first-order valence-corrected chi connectivity index (χ1v) is 13.5. The standard InChI is InChI=1S/C32H41N3O5/c1-21-16-17-35-22(2)29(21)39-20-27(37)28(32(33,34)25-14-10-7-11-15-25)26(36)19-24(30(38)40-31(3,4)5)18-23-12-8-6-9-13-23/h6-17,24,26,28,36H,18-20,33-34H2,1-5H3/t24-,26-,28-/m0/s1. The number of benzene rings is 2. The lowest BCUT2D eigenvalue weighted by Crippen LogP contribution is -2.60. The van der Waals surface area contributed by atoms with E-state index in [-0.39, 0.29) is 13.0 Å². The molecule has 3 atom stereocenters. The number of hydrogen-bond donors (Lipinski definition) is 3. The molecular weight excluding hydrogens is 506 g/mol. The molecule has 2 aromatic carbocycles. The van der Waals surface area contributed by atoms with E-state index < -0.39 is 41.0 Å². The maximum atomic E-state index is 13.8. The van der Waals surface area contributed by atoms with Crippen LogP contribution in [0, 0.1) is 25.7 Å². The summed E-state index contributed by atoms with van der Waals surface area (Å²) in [6, 6.07) is 20.0. The van der Waals surface area contributed by atoms with Gasteiger partial charge in [0.25, 0.3) is 0 Å². The zero-order valence-electron chi connectivity index (χ0n) is 24.0. The second-order valence-corrected chi connectivity index (χ2v) is 11.3. The van der Waals surface area contributed by atoms with Gasteiger partial charge in [-0.15, -0.1) is 0 Å². The van der Waals surface area contributed by atoms with Crippen LogP contribution in [0.3, 0.4) is 0 Å². The number of pyridine rings is 1. The van der Waals surface area contributed by atoms with Gasteiger partial charge in [-0.1, -0.05) is 60.7 Å². The normalized spacial score (nSPS) is 14.2. The minimum atomic E-state index is -1.74. The van der Waals surface area contributed by atoms with E-state index in [1.54, 1.807) is 64.2 Å². The van der Waals surface area contributed by atoms with E-state index in [4.69, 9.17) is 20.9 Å². The molecule has 3 aromatic rings. The summed E-state index contributed by atoms with van der Waals surface area (Å²) >= 11 is 0. The van der Waals surface area contributed by atoms with Crippen molar-refractivity contribution in [3.05, 3.63) is 95.3 Å². The fourth-order valence-corrected chi connectivity index (χ4v) is 4.81. The third-order valence-corrected chi connectivity index (χ3v) is 6.75. The van der Waals surface area contributed by atoms with E-state index in [1.807, 2.05) is 43.3 Å². The Labute approximate surface area is 236 Å². The average Bonchev–Trinajstić information content (AvgIpc) is 2.88. The minimum absolute atomic E-state index is 0.0891. The van der Waals surface area contributed by atoms with Gasteiger partial charge in [-0.25, -0.2) is 0 Å². The Bertz CT molecular complexity index is 1250. The topological polar surface area (TPSA) is 138 Å². The molecule has 0 aliphatic heterocycles. The third-order valence-electron chi connectivity index (χ3n) is 6.75. The molecule has 1 aromatic heterocycles. The van der Waals surface area contributed by atoms with Crippen LogP contribution in [0.4, 0.5) is 0 Å². The summed E-state index contributed by atoms with van der Waals surface area (Å²) in [4.78, 5) is 31.3. The monoisotopic (exact) mass is 547 g/mol. The van der Waals surface area contributed by atoms with Crippen molar-refractivity contribution in [1.82, 2.24) is 4.98 Å². The molecule has 0 amide bonds. The molecule has 0 saturated heterocycles. The SMILES string of the molecule is Cc1ccnc(C)c1OCC(=O)[C@H]([C@@H](O)C[C@H](Cc1ccccc1)C(=O)OC(C)(C)C)C(N)(N)c1ccccc1. The number of esters is 1. The van der Waals surface area contributed by atoms with Crippen LogP contribution < -0.4 is 16.2 Å². The Morgan fingerprint density at radius 2 is 1.55 bits per heavy atom. The summed E-state index contributed by atoms with van der Waals surface area (Å²) in [6.45, 7) is 8.62. The van der Waals surface area contributed by atoms with Gasteiger partial charge in [0.15, 0.2) is 5.78 Å². The van der Waals surface area contributed by atoms with Crippen molar-refractivity contribution in [3.8, 4) is 5.75 Å². The van der Waals surface area contributed by atoms with Gasteiger partial charge in [0.1, 0.15) is 23.6 Å². The highest BCUT2D eigenvalue weighted by molar-refractivity contribution is 5.85. The summed E-state index contributed by atoms with van der Waals surface area (Å²) in [7, 11) is 0. The number of Topliss-reactive ketones (excluding diaryl/α,β-unsaturated/α-hetero) is 1. The zero-order chi connectivity index (χ0) is 29.5. The predicted octanol–water partition coefficient (Wildman–Crippen LogP) is 3.98. The van der Waals surface area contributed by atoms with E-state index in [9.17, 15) is 14.7 Å². The molecule has 0 bridgehead atoms. The summed E-state index contributed by atoms with van der Waals surface area (Å²) in [5.41, 5.74) is 13.6. The number of nitrogens with zero attached hydrogens (tertiary/aromatic N) is 1. The number of aliphatic hydroxyl groups is 1. The molecule has 0 saturated carbocycles. The maximum Gasteiger partial charge on any atom is 0.309 e. The molecule has 0 aliphatic carbocycles. The smallest absolute Gasteiger partial charge is 0.309 e. The van der Waals surface area contributed by atoms with Crippen molar-refractivity contribution in [1.29, 1.82) is 0 Å². The number of rotatable bonds is 12. The maximum absolute atomic E-state index is 13.8. The van der Waals surface area contributed by atoms with Gasteiger partial charge in [0.2, 0.25) is 0 Å². The molecule has 3 rings (SSSR count).